The van der Waals surface area contributed by atoms with E-state index in [0.717, 1.165) is 29.7 Å². The molecule has 1 atom stereocenters. The van der Waals surface area contributed by atoms with E-state index in [-0.39, 0.29) is 6.10 Å². The molecule has 0 heterocycles. The molecule has 0 aliphatic carbocycles. The largest absolute Gasteiger partial charge is 0.489 e. The van der Waals surface area contributed by atoms with Crippen molar-refractivity contribution in [1.29, 1.82) is 0 Å². The third-order valence-corrected chi connectivity index (χ3v) is 3.21. The van der Waals surface area contributed by atoms with Crippen LogP contribution in [0.5, 0.6) is 5.75 Å². The molecule has 0 amide bonds. The molecule has 1 aromatic rings. The number of hydrogen-bond donors (Lipinski definition) is 1. The van der Waals surface area contributed by atoms with Gasteiger partial charge in [-0.3, -0.25) is 0 Å². The zero-order chi connectivity index (χ0) is 12.0. The Hall–Kier alpha value is -0.540. The van der Waals surface area contributed by atoms with Gasteiger partial charge in [-0.25, -0.2) is 0 Å². The van der Waals surface area contributed by atoms with Crippen molar-refractivity contribution in [3.8, 4) is 5.75 Å². The van der Waals surface area contributed by atoms with Crippen LogP contribution in [0.25, 0.3) is 0 Å². The lowest BCUT2D eigenvalue weighted by atomic mass is 10.2. The smallest absolute Gasteiger partial charge is 0.120 e. The summed E-state index contributed by atoms with van der Waals surface area (Å²) in [5, 5.41) is 3.35. The summed E-state index contributed by atoms with van der Waals surface area (Å²) in [7, 11) is 0. The summed E-state index contributed by atoms with van der Waals surface area (Å²) in [5.74, 6) is 0.937. The van der Waals surface area contributed by atoms with Crippen molar-refractivity contribution in [2.24, 2.45) is 0 Å². The molecular weight excluding hydrogens is 266 g/mol. The second-order valence-corrected chi connectivity index (χ2v) is 4.90. The van der Waals surface area contributed by atoms with E-state index in [0.29, 0.717) is 0 Å². The van der Waals surface area contributed by atoms with Crippen LogP contribution in [0.15, 0.2) is 22.7 Å². The number of benzene rings is 1. The molecular formula is C13H20BrNO. The molecule has 0 aromatic heterocycles. The van der Waals surface area contributed by atoms with Gasteiger partial charge >= 0.3 is 0 Å². The van der Waals surface area contributed by atoms with Gasteiger partial charge in [0.25, 0.3) is 0 Å². The maximum atomic E-state index is 5.81. The maximum absolute atomic E-state index is 5.81. The van der Waals surface area contributed by atoms with Gasteiger partial charge in [0.2, 0.25) is 0 Å². The molecule has 0 bridgehead atoms. The predicted octanol–water partition coefficient (Wildman–Crippen LogP) is 3.52. The van der Waals surface area contributed by atoms with Gasteiger partial charge in [0.05, 0.1) is 0 Å². The molecule has 0 aliphatic heterocycles. The SMILES string of the molecule is CCCNCC(C)Oc1ccc(Br)c(C)c1. The van der Waals surface area contributed by atoms with Crippen molar-refractivity contribution in [2.45, 2.75) is 33.3 Å². The van der Waals surface area contributed by atoms with Gasteiger partial charge in [-0.15, -0.1) is 0 Å². The van der Waals surface area contributed by atoms with E-state index >= 15 is 0 Å². The average Bonchev–Trinajstić information content (AvgIpc) is 2.24. The highest BCUT2D eigenvalue weighted by molar-refractivity contribution is 9.10. The van der Waals surface area contributed by atoms with Crippen LogP contribution < -0.4 is 10.1 Å². The molecule has 0 spiro atoms. The lowest BCUT2D eigenvalue weighted by Crippen LogP contribution is -2.29. The molecule has 0 saturated carbocycles. The van der Waals surface area contributed by atoms with Crippen molar-refractivity contribution in [3.05, 3.63) is 28.2 Å². The van der Waals surface area contributed by atoms with Gasteiger partial charge in [0, 0.05) is 11.0 Å². The van der Waals surface area contributed by atoms with Crippen molar-refractivity contribution < 1.29 is 4.74 Å². The fourth-order valence-electron chi connectivity index (χ4n) is 1.45. The van der Waals surface area contributed by atoms with E-state index in [9.17, 15) is 0 Å². The number of halogens is 1. The maximum Gasteiger partial charge on any atom is 0.120 e. The summed E-state index contributed by atoms with van der Waals surface area (Å²) in [5.41, 5.74) is 1.20. The second kappa shape index (κ2) is 6.92. The first-order valence-electron chi connectivity index (χ1n) is 5.77. The van der Waals surface area contributed by atoms with E-state index in [4.69, 9.17) is 4.74 Å². The normalized spacial score (nSPS) is 12.5. The molecule has 0 radical (unpaired) electrons. The van der Waals surface area contributed by atoms with E-state index in [1.807, 2.05) is 12.1 Å². The summed E-state index contributed by atoms with van der Waals surface area (Å²) in [6, 6.07) is 6.07. The third kappa shape index (κ3) is 4.54. The number of hydrogen-bond acceptors (Lipinski definition) is 2. The Labute approximate surface area is 107 Å². The zero-order valence-electron chi connectivity index (χ0n) is 10.2. The highest BCUT2D eigenvalue weighted by atomic mass is 79.9. The highest BCUT2D eigenvalue weighted by Crippen LogP contribution is 2.22. The van der Waals surface area contributed by atoms with Crippen molar-refractivity contribution in [3.63, 3.8) is 0 Å². The molecule has 1 unspecified atom stereocenters. The Morgan fingerprint density at radius 2 is 2.19 bits per heavy atom. The van der Waals surface area contributed by atoms with Crippen LogP contribution in [0.1, 0.15) is 25.8 Å². The van der Waals surface area contributed by atoms with Gasteiger partial charge in [0.15, 0.2) is 0 Å². The lowest BCUT2D eigenvalue weighted by molar-refractivity contribution is 0.217. The van der Waals surface area contributed by atoms with Crippen LogP contribution in [-0.4, -0.2) is 19.2 Å². The standard InChI is InChI=1S/C13H20BrNO/c1-4-7-15-9-11(3)16-12-5-6-13(14)10(2)8-12/h5-6,8,11,15H,4,7,9H2,1-3H3. The second-order valence-electron chi connectivity index (χ2n) is 4.04. The van der Waals surface area contributed by atoms with Gasteiger partial charge < -0.3 is 10.1 Å². The molecule has 0 fully saturated rings. The minimum Gasteiger partial charge on any atom is -0.489 e. The molecule has 1 aromatic carbocycles. The summed E-state index contributed by atoms with van der Waals surface area (Å²) >= 11 is 3.48. The van der Waals surface area contributed by atoms with Gasteiger partial charge in [-0.05, 0) is 50.6 Å². The van der Waals surface area contributed by atoms with E-state index in [1.165, 1.54) is 5.56 Å². The molecule has 90 valence electrons. The van der Waals surface area contributed by atoms with Crippen molar-refractivity contribution in [2.75, 3.05) is 13.1 Å². The number of nitrogens with one attached hydrogen (secondary N) is 1. The van der Waals surface area contributed by atoms with Crippen molar-refractivity contribution in [1.82, 2.24) is 5.32 Å². The molecule has 0 aliphatic rings. The van der Waals surface area contributed by atoms with E-state index in [1.54, 1.807) is 0 Å². The molecule has 16 heavy (non-hydrogen) atoms. The first kappa shape index (κ1) is 13.5. The van der Waals surface area contributed by atoms with Crippen LogP contribution in [0.2, 0.25) is 0 Å². The minimum absolute atomic E-state index is 0.201. The summed E-state index contributed by atoms with van der Waals surface area (Å²) < 4.78 is 6.94. The fraction of sp³-hybridized carbons (Fsp3) is 0.538. The number of rotatable bonds is 6. The highest BCUT2D eigenvalue weighted by Gasteiger charge is 2.04. The third-order valence-electron chi connectivity index (χ3n) is 2.33. The Morgan fingerprint density at radius 3 is 2.81 bits per heavy atom. The van der Waals surface area contributed by atoms with Crippen LogP contribution in [-0.2, 0) is 0 Å². The van der Waals surface area contributed by atoms with E-state index in [2.05, 4.69) is 48.1 Å². The van der Waals surface area contributed by atoms with Crippen LogP contribution in [0.3, 0.4) is 0 Å². The van der Waals surface area contributed by atoms with Crippen LogP contribution in [0, 0.1) is 6.92 Å². The Morgan fingerprint density at radius 1 is 1.44 bits per heavy atom. The predicted molar refractivity (Wildman–Crippen MR) is 72.1 cm³/mol. The van der Waals surface area contributed by atoms with Crippen LogP contribution >= 0.6 is 15.9 Å². The monoisotopic (exact) mass is 285 g/mol. The van der Waals surface area contributed by atoms with Gasteiger partial charge in [0.1, 0.15) is 11.9 Å². The number of ether oxygens (including phenoxy) is 1. The molecule has 1 rings (SSSR count). The lowest BCUT2D eigenvalue weighted by Gasteiger charge is -2.15. The summed E-state index contributed by atoms with van der Waals surface area (Å²) in [6.45, 7) is 8.25. The first-order valence-corrected chi connectivity index (χ1v) is 6.56. The first-order chi connectivity index (χ1) is 7.63. The summed E-state index contributed by atoms with van der Waals surface area (Å²) in [6.07, 6.45) is 1.36. The minimum atomic E-state index is 0.201. The zero-order valence-corrected chi connectivity index (χ0v) is 11.8. The quantitative estimate of drug-likeness (QED) is 0.808. The molecule has 0 saturated heterocycles. The Balaban J connectivity index is 2.43. The average molecular weight is 286 g/mol. The van der Waals surface area contributed by atoms with E-state index < -0.39 is 0 Å². The topological polar surface area (TPSA) is 21.3 Å². The summed E-state index contributed by atoms with van der Waals surface area (Å²) in [4.78, 5) is 0. The Bertz CT molecular complexity index is 328. The molecule has 3 heteroatoms. The van der Waals surface area contributed by atoms with Gasteiger partial charge in [-0.1, -0.05) is 22.9 Å². The Kier molecular flexibility index (Phi) is 5.85. The molecule has 2 nitrogen and oxygen atoms in total. The van der Waals surface area contributed by atoms with Crippen molar-refractivity contribution >= 4 is 15.9 Å². The van der Waals surface area contributed by atoms with Crippen LogP contribution in [0.4, 0.5) is 0 Å². The number of aryl methyl sites for hydroxylation is 1. The molecule has 1 N–H and O–H groups in total. The fourth-order valence-corrected chi connectivity index (χ4v) is 1.69. The van der Waals surface area contributed by atoms with Gasteiger partial charge in [-0.2, -0.15) is 0 Å².